The van der Waals surface area contributed by atoms with Gasteiger partial charge in [0.2, 0.25) is 5.91 Å². The van der Waals surface area contributed by atoms with Gasteiger partial charge >= 0.3 is 0 Å². The van der Waals surface area contributed by atoms with Crippen molar-refractivity contribution in [1.82, 2.24) is 4.90 Å². The Labute approximate surface area is 132 Å². The number of carbonyl (C=O) groups excluding carboxylic acids is 1. The first-order valence-electron chi connectivity index (χ1n) is 8.36. The van der Waals surface area contributed by atoms with Crippen LogP contribution >= 0.6 is 0 Å². The number of aliphatic hydroxyl groups excluding tert-OH is 1. The monoisotopic (exact) mass is 302 g/mol. The van der Waals surface area contributed by atoms with Crippen molar-refractivity contribution >= 4 is 11.6 Å². The van der Waals surface area contributed by atoms with E-state index in [-0.39, 0.29) is 12.5 Å². The van der Waals surface area contributed by atoms with Crippen molar-refractivity contribution in [3.63, 3.8) is 0 Å². The Balaban J connectivity index is 1.61. The van der Waals surface area contributed by atoms with Crippen molar-refractivity contribution in [2.75, 3.05) is 37.7 Å². The Morgan fingerprint density at radius 2 is 1.68 bits per heavy atom. The SMILES string of the molecule is Cc1ccc(N2CCN(C(=O)C3(CO)CCCC3)CC2)cc1. The molecule has 1 N–H and O–H groups in total. The quantitative estimate of drug-likeness (QED) is 0.931. The van der Waals surface area contributed by atoms with E-state index < -0.39 is 5.41 Å². The predicted octanol–water partition coefficient (Wildman–Crippen LogP) is 2.20. The molecule has 1 saturated heterocycles. The summed E-state index contributed by atoms with van der Waals surface area (Å²) in [6.45, 7) is 5.36. The van der Waals surface area contributed by atoms with Gasteiger partial charge in [-0.25, -0.2) is 0 Å². The Bertz CT molecular complexity index is 512. The minimum absolute atomic E-state index is 0.00398. The van der Waals surface area contributed by atoms with Crippen molar-refractivity contribution in [3.05, 3.63) is 29.8 Å². The molecule has 120 valence electrons. The molecular weight excluding hydrogens is 276 g/mol. The number of piperazine rings is 1. The van der Waals surface area contributed by atoms with Gasteiger partial charge in [0.25, 0.3) is 0 Å². The summed E-state index contributed by atoms with van der Waals surface area (Å²) in [7, 11) is 0. The highest BCUT2D eigenvalue weighted by Crippen LogP contribution is 2.39. The van der Waals surface area contributed by atoms with Gasteiger partial charge in [0.15, 0.2) is 0 Å². The van der Waals surface area contributed by atoms with Crippen LogP contribution in [-0.2, 0) is 4.79 Å². The van der Waals surface area contributed by atoms with E-state index in [2.05, 4.69) is 36.1 Å². The zero-order valence-electron chi connectivity index (χ0n) is 13.4. The summed E-state index contributed by atoms with van der Waals surface area (Å²) in [5, 5.41) is 9.72. The lowest BCUT2D eigenvalue weighted by atomic mass is 9.85. The van der Waals surface area contributed by atoms with Crippen LogP contribution in [-0.4, -0.2) is 48.7 Å². The van der Waals surface area contributed by atoms with Crippen LogP contribution < -0.4 is 4.90 Å². The second-order valence-electron chi connectivity index (χ2n) is 6.76. The first-order chi connectivity index (χ1) is 10.6. The number of anilines is 1. The van der Waals surface area contributed by atoms with Gasteiger partial charge in [0, 0.05) is 31.9 Å². The molecule has 0 spiro atoms. The molecule has 0 atom stereocenters. The van der Waals surface area contributed by atoms with Crippen LogP contribution in [0.3, 0.4) is 0 Å². The third kappa shape index (κ3) is 2.84. The summed E-state index contributed by atoms with van der Waals surface area (Å²) < 4.78 is 0. The third-order valence-electron chi connectivity index (χ3n) is 5.28. The Morgan fingerprint density at radius 1 is 1.09 bits per heavy atom. The minimum atomic E-state index is -0.480. The van der Waals surface area contributed by atoms with Crippen molar-refractivity contribution < 1.29 is 9.90 Å². The van der Waals surface area contributed by atoms with Gasteiger partial charge in [-0.3, -0.25) is 4.79 Å². The highest BCUT2D eigenvalue weighted by atomic mass is 16.3. The van der Waals surface area contributed by atoms with Gasteiger partial charge < -0.3 is 14.9 Å². The number of hydrogen-bond acceptors (Lipinski definition) is 3. The van der Waals surface area contributed by atoms with Crippen LogP contribution in [0.4, 0.5) is 5.69 Å². The molecule has 1 aliphatic heterocycles. The zero-order valence-corrected chi connectivity index (χ0v) is 13.4. The maximum absolute atomic E-state index is 12.8. The molecule has 0 radical (unpaired) electrons. The Kier molecular flexibility index (Phi) is 4.39. The third-order valence-corrected chi connectivity index (χ3v) is 5.28. The summed E-state index contributed by atoms with van der Waals surface area (Å²) in [4.78, 5) is 17.1. The van der Waals surface area contributed by atoms with Crippen LogP contribution in [0, 0.1) is 12.3 Å². The second kappa shape index (κ2) is 6.29. The molecule has 1 amide bonds. The lowest BCUT2D eigenvalue weighted by molar-refractivity contribution is -0.144. The average Bonchev–Trinajstić information content (AvgIpc) is 3.05. The lowest BCUT2D eigenvalue weighted by Crippen LogP contribution is -2.53. The molecule has 0 unspecified atom stereocenters. The molecule has 4 nitrogen and oxygen atoms in total. The minimum Gasteiger partial charge on any atom is -0.395 e. The fraction of sp³-hybridized carbons (Fsp3) is 0.611. The molecular formula is C18H26N2O2. The number of rotatable bonds is 3. The summed E-state index contributed by atoms with van der Waals surface area (Å²) in [5.41, 5.74) is 2.02. The standard InChI is InChI=1S/C18H26N2O2/c1-15-4-6-16(7-5-15)19-10-12-20(13-11-19)17(22)18(14-21)8-2-3-9-18/h4-7,21H,2-3,8-14H2,1H3. The summed E-state index contributed by atoms with van der Waals surface area (Å²) in [5.74, 6) is 0.177. The maximum Gasteiger partial charge on any atom is 0.231 e. The molecule has 1 aromatic rings. The number of nitrogens with zero attached hydrogens (tertiary/aromatic N) is 2. The number of amides is 1. The van der Waals surface area contributed by atoms with E-state index in [1.54, 1.807) is 0 Å². The van der Waals surface area contributed by atoms with E-state index in [1.807, 2.05) is 4.90 Å². The molecule has 2 aliphatic rings. The molecule has 3 rings (SSSR count). The Morgan fingerprint density at radius 3 is 2.23 bits per heavy atom. The summed E-state index contributed by atoms with van der Waals surface area (Å²) in [6.07, 6.45) is 3.83. The zero-order chi connectivity index (χ0) is 15.6. The van der Waals surface area contributed by atoms with E-state index >= 15 is 0 Å². The predicted molar refractivity (Wildman–Crippen MR) is 88.0 cm³/mol. The molecule has 4 heteroatoms. The smallest absolute Gasteiger partial charge is 0.231 e. The van der Waals surface area contributed by atoms with Crippen LogP contribution in [0.5, 0.6) is 0 Å². The first-order valence-corrected chi connectivity index (χ1v) is 8.36. The number of aryl methyl sites for hydroxylation is 1. The molecule has 0 bridgehead atoms. The number of carbonyl (C=O) groups is 1. The van der Waals surface area contributed by atoms with E-state index in [9.17, 15) is 9.90 Å². The van der Waals surface area contributed by atoms with Crippen molar-refractivity contribution in [1.29, 1.82) is 0 Å². The van der Waals surface area contributed by atoms with Crippen LogP contribution in [0.25, 0.3) is 0 Å². The number of benzene rings is 1. The normalized spacial score (nSPS) is 21.2. The van der Waals surface area contributed by atoms with Crippen LogP contribution in [0.2, 0.25) is 0 Å². The summed E-state index contributed by atoms with van der Waals surface area (Å²) in [6, 6.07) is 8.57. The van der Waals surface area contributed by atoms with Crippen LogP contribution in [0.15, 0.2) is 24.3 Å². The molecule has 22 heavy (non-hydrogen) atoms. The van der Waals surface area contributed by atoms with Gasteiger partial charge in [0.1, 0.15) is 0 Å². The average molecular weight is 302 g/mol. The lowest BCUT2D eigenvalue weighted by Gasteiger charge is -2.40. The molecule has 1 aromatic carbocycles. The van der Waals surface area contributed by atoms with E-state index in [4.69, 9.17) is 0 Å². The van der Waals surface area contributed by atoms with Gasteiger partial charge in [-0.1, -0.05) is 30.5 Å². The molecule has 0 aromatic heterocycles. The fourth-order valence-electron chi connectivity index (χ4n) is 3.75. The maximum atomic E-state index is 12.8. The number of aliphatic hydroxyl groups is 1. The number of hydrogen-bond donors (Lipinski definition) is 1. The van der Waals surface area contributed by atoms with E-state index in [0.717, 1.165) is 51.9 Å². The topological polar surface area (TPSA) is 43.8 Å². The van der Waals surface area contributed by atoms with E-state index in [1.165, 1.54) is 11.3 Å². The molecule has 1 heterocycles. The largest absolute Gasteiger partial charge is 0.395 e. The van der Waals surface area contributed by atoms with Crippen molar-refractivity contribution in [2.24, 2.45) is 5.41 Å². The summed E-state index contributed by atoms with van der Waals surface area (Å²) >= 11 is 0. The highest BCUT2D eigenvalue weighted by molar-refractivity contribution is 5.83. The van der Waals surface area contributed by atoms with E-state index in [0.29, 0.717) is 0 Å². The second-order valence-corrected chi connectivity index (χ2v) is 6.76. The first kappa shape index (κ1) is 15.3. The fourth-order valence-corrected chi connectivity index (χ4v) is 3.75. The molecule has 1 aliphatic carbocycles. The molecule has 1 saturated carbocycles. The van der Waals surface area contributed by atoms with Crippen molar-refractivity contribution in [2.45, 2.75) is 32.6 Å². The van der Waals surface area contributed by atoms with Crippen molar-refractivity contribution in [3.8, 4) is 0 Å². The van der Waals surface area contributed by atoms with Gasteiger partial charge in [0.05, 0.1) is 12.0 Å². The van der Waals surface area contributed by atoms with Gasteiger partial charge in [-0.05, 0) is 31.9 Å². The Hall–Kier alpha value is -1.55. The highest BCUT2D eigenvalue weighted by Gasteiger charge is 2.43. The van der Waals surface area contributed by atoms with Crippen LogP contribution in [0.1, 0.15) is 31.2 Å². The van der Waals surface area contributed by atoms with Gasteiger partial charge in [-0.15, -0.1) is 0 Å². The van der Waals surface area contributed by atoms with Gasteiger partial charge in [-0.2, -0.15) is 0 Å². The molecule has 2 fully saturated rings.